The SMILES string of the molecule is CN(C)c1ccc([C@@H](CC(=O)O)NC(=O)OCc2ccccc2)cc1. The molecule has 0 radical (unpaired) electrons. The van der Waals surface area contributed by atoms with Crippen molar-refractivity contribution in [1.29, 1.82) is 0 Å². The van der Waals surface area contributed by atoms with Crippen LogP contribution in [-0.2, 0) is 16.1 Å². The van der Waals surface area contributed by atoms with Gasteiger partial charge in [-0.3, -0.25) is 4.79 Å². The van der Waals surface area contributed by atoms with Crippen LogP contribution in [0.25, 0.3) is 0 Å². The number of hydrogen-bond donors (Lipinski definition) is 2. The molecule has 0 unspecified atom stereocenters. The van der Waals surface area contributed by atoms with Gasteiger partial charge in [-0.2, -0.15) is 0 Å². The summed E-state index contributed by atoms with van der Waals surface area (Å²) in [6.45, 7) is 0.131. The molecule has 6 heteroatoms. The number of alkyl carbamates (subject to hydrolysis) is 1. The summed E-state index contributed by atoms with van der Waals surface area (Å²) < 4.78 is 5.17. The molecule has 0 aromatic heterocycles. The quantitative estimate of drug-likeness (QED) is 0.808. The second-order valence-corrected chi connectivity index (χ2v) is 5.84. The number of aliphatic carboxylic acids is 1. The Morgan fingerprint density at radius 3 is 2.28 bits per heavy atom. The van der Waals surface area contributed by atoms with Crippen LogP contribution < -0.4 is 10.2 Å². The first-order valence-corrected chi connectivity index (χ1v) is 7.92. The Bertz CT molecular complexity index is 699. The van der Waals surface area contributed by atoms with Crippen molar-refractivity contribution in [2.75, 3.05) is 19.0 Å². The predicted octanol–water partition coefficient (Wildman–Crippen LogP) is 3.19. The van der Waals surface area contributed by atoms with Gasteiger partial charge < -0.3 is 20.1 Å². The van der Waals surface area contributed by atoms with Gasteiger partial charge in [-0.05, 0) is 23.3 Å². The number of nitrogens with one attached hydrogen (secondary N) is 1. The zero-order chi connectivity index (χ0) is 18.2. The van der Waals surface area contributed by atoms with E-state index in [9.17, 15) is 9.59 Å². The number of amides is 1. The number of rotatable bonds is 7. The van der Waals surface area contributed by atoms with E-state index in [0.717, 1.165) is 11.3 Å². The van der Waals surface area contributed by atoms with Gasteiger partial charge in [0.2, 0.25) is 0 Å². The third kappa shape index (κ3) is 5.84. The molecule has 0 bridgehead atoms. The van der Waals surface area contributed by atoms with Gasteiger partial charge in [0.05, 0.1) is 12.5 Å². The highest BCUT2D eigenvalue weighted by molar-refractivity contribution is 5.72. The molecule has 0 aliphatic heterocycles. The zero-order valence-corrected chi connectivity index (χ0v) is 14.3. The maximum atomic E-state index is 12.0. The molecule has 2 aromatic rings. The lowest BCUT2D eigenvalue weighted by molar-refractivity contribution is -0.137. The molecule has 0 heterocycles. The Labute approximate surface area is 147 Å². The summed E-state index contributed by atoms with van der Waals surface area (Å²) in [6, 6.07) is 16.0. The van der Waals surface area contributed by atoms with Crippen molar-refractivity contribution >= 4 is 17.7 Å². The van der Waals surface area contributed by atoms with Crippen molar-refractivity contribution in [2.24, 2.45) is 0 Å². The molecule has 132 valence electrons. The highest BCUT2D eigenvalue weighted by Crippen LogP contribution is 2.21. The summed E-state index contributed by atoms with van der Waals surface area (Å²) in [6.07, 6.45) is -0.867. The van der Waals surface area contributed by atoms with Crippen molar-refractivity contribution in [3.63, 3.8) is 0 Å². The fourth-order valence-corrected chi connectivity index (χ4v) is 2.34. The van der Waals surface area contributed by atoms with Crippen LogP contribution in [0, 0.1) is 0 Å². The Morgan fingerprint density at radius 2 is 1.72 bits per heavy atom. The van der Waals surface area contributed by atoms with Gasteiger partial charge in [0, 0.05) is 19.8 Å². The lowest BCUT2D eigenvalue weighted by atomic mass is 10.0. The van der Waals surface area contributed by atoms with E-state index in [1.54, 1.807) is 12.1 Å². The van der Waals surface area contributed by atoms with Gasteiger partial charge >= 0.3 is 12.1 Å². The Balaban J connectivity index is 2.01. The number of carboxylic acids is 1. The van der Waals surface area contributed by atoms with Crippen molar-refractivity contribution in [3.05, 3.63) is 65.7 Å². The van der Waals surface area contributed by atoms with Crippen LogP contribution in [0.4, 0.5) is 10.5 Å². The maximum Gasteiger partial charge on any atom is 0.407 e. The summed E-state index contributed by atoms with van der Waals surface area (Å²) in [7, 11) is 3.84. The molecule has 1 amide bonds. The first-order valence-electron chi connectivity index (χ1n) is 7.92. The number of benzene rings is 2. The third-order valence-corrected chi connectivity index (χ3v) is 3.70. The molecular weight excluding hydrogens is 320 g/mol. The molecule has 6 nitrogen and oxygen atoms in total. The van der Waals surface area contributed by atoms with E-state index < -0.39 is 18.1 Å². The van der Waals surface area contributed by atoms with Gasteiger partial charge in [0.1, 0.15) is 6.61 Å². The van der Waals surface area contributed by atoms with Crippen molar-refractivity contribution < 1.29 is 19.4 Å². The van der Waals surface area contributed by atoms with Gasteiger partial charge in [-0.1, -0.05) is 42.5 Å². The minimum atomic E-state index is -0.995. The van der Waals surface area contributed by atoms with Crippen LogP contribution in [0.2, 0.25) is 0 Å². The minimum Gasteiger partial charge on any atom is -0.481 e. The molecule has 0 fully saturated rings. The van der Waals surface area contributed by atoms with E-state index in [1.165, 1.54) is 0 Å². The van der Waals surface area contributed by atoms with E-state index in [1.807, 2.05) is 61.5 Å². The number of nitrogens with zero attached hydrogens (tertiary/aromatic N) is 1. The summed E-state index contributed by atoms with van der Waals surface area (Å²) in [4.78, 5) is 25.1. The first kappa shape index (κ1) is 18.3. The van der Waals surface area contributed by atoms with Crippen molar-refractivity contribution in [2.45, 2.75) is 19.1 Å². The number of carbonyl (C=O) groups is 2. The summed E-state index contributed by atoms with van der Waals surface area (Å²) in [5, 5.41) is 11.7. The number of carboxylic acid groups (broad SMARTS) is 1. The lowest BCUT2D eigenvalue weighted by Crippen LogP contribution is -2.30. The van der Waals surface area contributed by atoms with Crippen LogP contribution in [-0.4, -0.2) is 31.3 Å². The van der Waals surface area contributed by atoms with Crippen LogP contribution in [0.15, 0.2) is 54.6 Å². The number of ether oxygens (including phenoxy) is 1. The van der Waals surface area contributed by atoms with Crippen molar-refractivity contribution in [3.8, 4) is 0 Å². The molecule has 2 rings (SSSR count). The summed E-state index contributed by atoms with van der Waals surface area (Å²) in [5.74, 6) is -0.995. The molecule has 1 atom stereocenters. The van der Waals surface area contributed by atoms with E-state index in [4.69, 9.17) is 9.84 Å². The summed E-state index contributed by atoms with van der Waals surface area (Å²) in [5.41, 5.74) is 2.57. The van der Waals surface area contributed by atoms with Gasteiger partial charge in [0.15, 0.2) is 0 Å². The molecular formula is C19H22N2O4. The number of carbonyl (C=O) groups excluding carboxylic acids is 1. The highest BCUT2D eigenvalue weighted by atomic mass is 16.5. The van der Waals surface area contributed by atoms with Gasteiger partial charge in [-0.15, -0.1) is 0 Å². The largest absolute Gasteiger partial charge is 0.481 e. The molecule has 0 aliphatic carbocycles. The molecule has 0 saturated carbocycles. The smallest absolute Gasteiger partial charge is 0.407 e. The molecule has 2 aromatic carbocycles. The standard InChI is InChI=1S/C19H22N2O4/c1-21(2)16-10-8-15(9-11-16)17(12-18(22)23)20-19(24)25-13-14-6-4-3-5-7-14/h3-11,17H,12-13H2,1-2H3,(H,20,24)(H,22,23)/t17-/m1/s1. The molecule has 0 saturated heterocycles. The lowest BCUT2D eigenvalue weighted by Gasteiger charge is -2.19. The topological polar surface area (TPSA) is 78.9 Å². The second-order valence-electron chi connectivity index (χ2n) is 5.84. The Hall–Kier alpha value is -3.02. The fourth-order valence-electron chi connectivity index (χ4n) is 2.34. The van der Waals surface area contributed by atoms with E-state index in [0.29, 0.717) is 5.56 Å². The number of hydrogen-bond acceptors (Lipinski definition) is 4. The predicted molar refractivity (Wildman–Crippen MR) is 95.5 cm³/mol. The number of anilines is 1. The van der Waals surface area contributed by atoms with Crippen LogP contribution in [0.1, 0.15) is 23.6 Å². The van der Waals surface area contributed by atoms with Crippen molar-refractivity contribution in [1.82, 2.24) is 5.32 Å². The minimum absolute atomic E-state index is 0.131. The Morgan fingerprint density at radius 1 is 1.08 bits per heavy atom. The average molecular weight is 342 g/mol. The zero-order valence-electron chi connectivity index (χ0n) is 14.3. The molecule has 2 N–H and O–H groups in total. The van der Waals surface area contributed by atoms with E-state index >= 15 is 0 Å². The van der Waals surface area contributed by atoms with E-state index in [2.05, 4.69) is 5.32 Å². The van der Waals surface area contributed by atoms with Gasteiger partial charge in [-0.25, -0.2) is 4.79 Å². The van der Waals surface area contributed by atoms with Crippen LogP contribution in [0.5, 0.6) is 0 Å². The molecule has 0 spiro atoms. The van der Waals surface area contributed by atoms with Gasteiger partial charge in [0.25, 0.3) is 0 Å². The first-order chi connectivity index (χ1) is 12.0. The van der Waals surface area contributed by atoms with Crippen LogP contribution >= 0.6 is 0 Å². The maximum absolute atomic E-state index is 12.0. The van der Waals surface area contributed by atoms with E-state index in [-0.39, 0.29) is 13.0 Å². The molecule has 0 aliphatic rings. The second kappa shape index (κ2) is 8.73. The highest BCUT2D eigenvalue weighted by Gasteiger charge is 2.19. The monoisotopic (exact) mass is 342 g/mol. The summed E-state index contributed by atoms with van der Waals surface area (Å²) >= 11 is 0. The normalized spacial score (nSPS) is 11.4. The molecule has 25 heavy (non-hydrogen) atoms. The van der Waals surface area contributed by atoms with Crippen LogP contribution in [0.3, 0.4) is 0 Å². The fraction of sp³-hybridized carbons (Fsp3) is 0.263. The average Bonchev–Trinajstić information content (AvgIpc) is 2.60. The Kier molecular flexibility index (Phi) is 6.39. The third-order valence-electron chi connectivity index (χ3n) is 3.70.